The van der Waals surface area contributed by atoms with Gasteiger partial charge in [0.2, 0.25) is 11.7 Å². The first-order valence-electron chi connectivity index (χ1n) is 10.3. The molecule has 1 aliphatic heterocycles. The van der Waals surface area contributed by atoms with Crippen molar-refractivity contribution < 1.29 is 19.0 Å². The first kappa shape index (κ1) is 22.0. The molecule has 1 aliphatic rings. The minimum atomic E-state index is 0.0962. The molecule has 0 aromatic heterocycles. The van der Waals surface area contributed by atoms with E-state index in [-0.39, 0.29) is 11.9 Å². The fourth-order valence-corrected chi connectivity index (χ4v) is 4.22. The number of carbonyl (C=O) groups excluding carboxylic acids is 1. The normalized spacial score (nSPS) is 15.0. The quantitative estimate of drug-likeness (QED) is 0.687. The maximum absolute atomic E-state index is 12.4. The molecule has 0 bridgehead atoms. The molecular weight excluding hydrogens is 380 g/mol. The Kier molecular flexibility index (Phi) is 7.21. The smallest absolute Gasteiger partial charge is 0.224 e. The third-order valence-electron chi connectivity index (χ3n) is 5.75. The van der Waals surface area contributed by atoms with Crippen LogP contribution in [0.1, 0.15) is 30.9 Å². The van der Waals surface area contributed by atoms with E-state index in [2.05, 4.69) is 24.0 Å². The van der Waals surface area contributed by atoms with Gasteiger partial charge in [0.25, 0.3) is 0 Å². The molecule has 2 aromatic carbocycles. The van der Waals surface area contributed by atoms with Crippen molar-refractivity contribution in [2.24, 2.45) is 0 Å². The molecule has 1 saturated heterocycles. The Morgan fingerprint density at radius 3 is 2.13 bits per heavy atom. The summed E-state index contributed by atoms with van der Waals surface area (Å²) in [5.41, 5.74) is 3.24. The van der Waals surface area contributed by atoms with Crippen LogP contribution in [0.2, 0.25) is 0 Å². The molecule has 0 atom stereocenters. The molecule has 1 heterocycles. The second kappa shape index (κ2) is 9.85. The number of hydrogen-bond acceptors (Lipinski definition) is 5. The summed E-state index contributed by atoms with van der Waals surface area (Å²) in [7, 11) is 4.90. The third kappa shape index (κ3) is 4.70. The van der Waals surface area contributed by atoms with Crippen molar-refractivity contribution in [1.82, 2.24) is 4.90 Å². The minimum absolute atomic E-state index is 0.0962. The van der Waals surface area contributed by atoms with E-state index in [1.165, 1.54) is 5.56 Å². The van der Waals surface area contributed by atoms with Crippen molar-refractivity contribution in [2.45, 2.75) is 39.3 Å². The topological polar surface area (TPSA) is 51.2 Å². The number of methoxy groups -OCH3 is 3. The highest BCUT2D eigenvalue weighted by atomic mass is 16.5. The molecule has 3 rings (SSSR count). The van der Waals surface area contributed by atoms with Crippen LogP contribution in [0.15, 0.2) is 36.4 Å². The van der Waals surface area contributed by atoms with Crippen LogP contribution >= 0.6 is 0 Å². The lowest BCUT2D eigenvalue weighted by Gasteiger charge is -2.38. The van der Waals surface area contributed by atoms with Crippen LogP contribution in [-0.2, 0) is 11.3 Å². The lowest BCUT2D eigenvalue weighted by molar-refractivity contribution is -0.117. The van der Waals surface area contributed by atoms with Gasteiger partial charge in [-0.1, -0.05) is 23.8 Å². The summed E-state index contributed by atoms with van der Waals surface area (Å²) < 4.78 is 16.5. The Balaban J connectivity index is 1.70. The fourth-order valence-electron chi connectivity index (χ4n) is 4.22. The number of piperidine rings is 1. The van der Waals surface area contributed by atoms with Crippen molar-refractivity contribution in [1.29, 1.82) is 0 Å². The zero-order chi connectivity index (χ0) is 21.7. The molecule has 2 aromatic rings. The Bertz CT molecular complexity index is 858. The second-order valence-corrected chi connectivity index (χ2v) is 7.73. The summed E-state index contributed by atoms with van der Waals surface area (Å²) in [5, 5.41) is 0. The predicted octanol–water partition coefficient (Wildman–Crippen LogP) is 4.04. The number of rotatable bonds is 7. The van der Waals surface area contributed by atoms with E-state index in [4.69, 9.17) is 14.2 Å². The Labute approximate surface area is 179 Å². The van der Waals surface area contributed by atoms with Gasteiger partial charge in [-0.25, -0.2) is 0 Å². The SMILES string of the molecule is COc1ccc(CN2CCC(N(C(C)=O)c3ccc(C)cc3)CC2)c(OC)c1OC. The van der Waals surface area contributed by atoms with E-state index in [0.29, 0.717) is 17.2 Å². The number of carbonyl (C=O) groups is 1. The van der Waals surface area contributed by atoms with Crippen molar-refractivity contribution in [3.63, 3.8) is 0 Å². The van der Waals surface area contributed by atoms with Gasteiger partial charge in [0.05, 0.1) is 21.3 Å². The lowest BCUT2D eigenvalue weighted by atomic mass is 10.0. The Hall–Kier alpha value is -2.73. The molecule has 0 N–H and O–H groups in total. The average molecular weight is 413 g/mol. The average Bonchev–Trinajstić information content (AvgIpc) is 2.75. The highest BCUT2D eigenvalue weighted by Gasteiger charge is 2.28. The third-order valence-corrected chi connectivity index (χ3v) is 5.75. The van der Waals surface area contributed by atoms with Gasteiger partial charge in [0.1, 0.15) is 0 Å². The van der Waals surface area contributed by atoms with E-state index in [0.717, 1.165) is 43.7 Å². The number of benzene rings is 2. The first-order valence-corrected chi connectivity index (χ1v) is 10.3. The molecular formula is C24H32N2O4. The predicted molar refractivity (Wildman–Crippen MR) is 119 cm³/mol. The van der Waals surface area contributed by atoms with Crippen molar-refractivity contribution in [3.8, 4) is 17.2 Å². The van der Waals surface area contributed by atoms with Crippen molar-refractivity contribution >= 4 is 11.6 Å². The lowest BCUT2D eigenvalue weighted by Crippen LogP contribution is -2.46. The largest absolute Gasteiger partial charge is 0.493 e. The summed E-state index contributed by atoms with van der Waals surface area (Å²) >= 11 is 0. The zero-order valence-electron chi connectivity index (χ0n) is 18.6. The number of aryl methyl sites for hydroxylation is 1. The van der Waals surface area contributed by atoms with Crippen LogP contribution in [-0.4, -0.2) is 51.3 Å². The number of anilines is 1. The maximum atomic E-state index is 12.4. The molecule has 6 heteroatoms. The van der Waals surface area contributed by atoms with Gasteiger partial charge in [0.15, 0.2) is 11.5 Å². The molecule has 0 spiro atoms. The Morgan fingerprint density at radius 2 is 1.60 bits per heavy atom. The van der Waals surface area contributed by atoms with E-state index < -0.39 is 0 Å². The van der Waals surface area contributed by atoms with Crippen LogP contribution in [0.25, 0.3) is 0 Å². The van der Waals surface area contributed by atoms with E-state index in [1.807, 2.05) is 29.2 Å². The molecule has 6 nitrogen and oxygen atoms in total. The van der Waals surface area contributed by atoms with Gasteiger partial charge in [-0.2, -0.15) is 0 Å². The second-order valence-electron chi connectivity index (χ2n) is 7.73. The standard InChI is InChI=1S/C24H32N2O4/c1-17-6-9-20(10-7-17)26(18(2)27)21-12-14-25(15-13-21)16-19-8-11-22(28-3)24(30-5)23(19)29-4/h6-11,21H,12-16H2,1-5H3. The molecule has 0 aliphatic carbocycles. The fraction of sp³-hybridized carbons (Fsp3) is 0.458. The number of amides is 1. The zero-order valence-corrected chi connectivity index (χ0v) is 18.6. The number of ether oxygens (including phenoxy) is 3. The molecule has 0 radical (unpaired) electrons. The van der Waals surface area contributed by atoms with Crippen LogP contribution in [0, 0.1) is 6.92 Å². The van der Waals surface area contributed by atoms with E-state index in [1.54, 1.807) is 28.3 Å². The number of likely N-dealkylation sites (tertiary alicyclic amines) is 1. The molecule has 0 unspecified atom stereocenters. The summed E-state index contributed by atoms with van der Waals surface area (Å²) in [4.78, 5) is 16.7. The molecule has 30 heavy (non-hydrogen) atoms. The van der Waals surface area contributed by atoms with Crippen molar-refractivity contribution in [2.75, 3.05) is 39.3 Å². The van der Waals surface area contributed by atoms with E-state index in [9.17, 15) is 4.79 Å². The minimum Gasteiger partial charge on any atom is -0.493 e. The van der Waals surface area contributed by atoms with Crippen LogP contribution in [0.3, 0.4) is 0 Å². The summed E-state index contributed by atoms with van der Waals surface area (Å²) in [6.07, 6.45) is 1.87. The van der Waals surface area contributed by atoms with Crippen molar-refractivity contribution in [3.05, 3.63) is 47.5 Å². The van der Waals surface area contributed by atoms with Gasteiger partial charge in [0, 0.05) is 43.9 Å². The summed E-state index contributed by atoms with van der Waals surface area (Å²) in [6.45, 7) is 6.31. The molecule has 1 amide bonds. The van der Waals surface area contributed by atoms with Crippen LogP contribution in [0.5, 0.6) is 17.2 Å². The van der Waals surface area contributed by atoms with Gasteiger partial charge < -0.3 is 19.1 Å². The van der Waals surface area contributed by atoms with Gasteiger partial charge in [-0.05, 0) is 38.0 Å². The summed E-state index contributed by atoms with van der Waals surface area (Å²) in [5.74, 6) is 2.09. The molecule has 162 valence electrons. The number of nitrogens with zero attached hydrogens (tertiary/aromatic N) is 2. The maximum Gasteiger partial charge on any atom is 0.224 e. The number of hydrogen-bond donors (Lipinski definition) is 0. The van der Waals surface area contributed by atoms with Crippen LogP contribution < -0.4 is 19.1 Å². The van der Waals surface area contributed by atoms with Gasteiger partial charge >= 0.3 is 0 Å². The highest BCUT2D eigenvalue weighted by Crippen LogP contribution is 2.40. The van der Waals surface area contributed by atoms with E-state index >= 15 is 0 Å². The van der Waals surface area contributed by atoms with Gasteiger partial charge in [-0.3, -0.25) is 9.69 Å². The van der Waals surface area contributed by atoms with Gasteiger partial charge in [-0.15, -0.1) is 0 Å². The molecule has 1 fully saturated rings. The highest BCUT2D eigenvalue weighted by molar-refractivity contribution is 5.92. The summed E-state index contributed by atoms with van der Waals surface area (Å²) in [6, 6.07) is 12.4. The van der Waals surface area contributed by atoms with Crippen LogP contribution in [0.4, 0.5) is 5.69 Å². The Morgan fingerprint density at radius 1 is 0.967 bits per heavy atom. The molecule has 0 saturated carbocycles. The first-order chi connectivity index (χ1) is 14.5. The monoisotopic (exact) mass is 412 g/mol.